The molecule has 0 unspecified atom stereocenters. The molecule has 0 radical (unpaired) electrons. The molecule has 0 aliphatic heterocycles. The number of fused-ring (bicyclic) bond motifs is 3. The van der Waals surface area contributed by atoms with Crippen molar-refractivity contribution in [2.75, 3.05) is 6.54 Å². The molecule has 17 heavy (non-hydrogen) atoms. The largest absolute Gasteiger partial charge is 0.327 e. The van der Waals surface area contributed by atoms with E-state index in [9.17, 15) is 4.39 Å². The predicted molar refractivity (Wildman–Crippen MR) is 66.0 cm³/mol. The van der Waals surface area contributed by atoms with Gasteiger partial charge in [0, 0.05) is 31.2 Å². The van der Waals surface area contributed by atoms with E-state index >= 15 is 0 Å². The lowest BCUT2D eigenvalue weighted by atomic mass is 10.0. The minimum Gasteiger partial charge on any atom is -0.327 e. The molecular formula is C13H14FN3. The molecule has 0 saturated carbocycles. The van der Waals surface area contributed by atoms with E-state index in [0.29, 0.717) is 12.1 Å². The highest BCUT2D eigenvalue weighted by atomic mass is 19.1. The fourth-order valence-electron chi connectivity index (χ4n) is 2.64. The van der Waals surface area contributed by atoms with Gasteiger partial charge in [-0.05, 0) is 29.5 Å². The number of aryl methyl sites for hydroxylation is 1. The molecule has 0 amide bonds. The molecule has 0 bridgehead atoms. The van der Waals surface area contributed by atoms with Crippen LogP contribution in [0.3, 0.4) is 0 Å². The number of rotatable bonds is 1. The molecule has 1 aliphatic rings. The number of allylic oxidation sites excluding steroid dienone is 1. The lowest BCUT2D eigenvalue weighted by molar-refractivity contribution is 0.614. The van der Waals surface area contributed by atoms with Gasteiger partial charge >= 0.3 is 0 Å². The van der Waals surface area contributed by atoms with Crippen molar-refractivity contribution in [1.82, 2.24) is 9.78 Å². The van der Waals surface area contributed by atoms with Gasteiger partial charge in [0.25, 0.3) is 0 Å². The Kier molecular flexibility index (Phi) is 2.26. The van der Waals surface area contributed by atoms with Crippen LogP contribution in [0, 0.1) is 5.82 Å². The van der Waals surface area contributed by atoms with Gasteiger partial charge in [-0.2, -0.15) is 5.10 Å². The highest BCUT2D eigenvalue weighted by Crippen LogP contribution is 2.38. The van der Waals surface area contributed by atoms with E-state index in [1.54, 1.807) is 4.68 Å². The molecule has 1 aromatic carbocycles. The zero-order valence-corrected chi connectivity index (χ0v) is 9.70. The molecular weight excluding hydrogens is 217 g/mol. The third-order valence-corrected chi connectivity index (χ3v) is 3.31. The van der Waals surface area contributed by atoms with Crippen molar-refractivity contribution >= 4 is 16.5 Å². The Hall–Kier alpha value is -1.68. The van der Waals surface area contributed by atoms with Gasteiger partial charge in [-0.1, -0.05) is 6.08 Å². The maximum Gasteiger partial charge on any atom is 0.129 e. The summed E-state index contributed by atoms with van der Waals surface area (Å²) in [7, 11) is 1.85. The van der Waals surface area contributed by atoms with Gasteiger partial charge in [0.05, 0.1) is 5.52 Å². The van der Waals surface area contributed by atoms with Crippen LogP contribution >= 0.6 is 0 Å². The lowest BCUT2D eigenvalue weighted by Crippen LogP contribution is -1.95. The van der Waals surface area contributed by atoms with E-state index in [0.717, 1.165) is 34.9 Å². The van der Waals surface area contributed by atoms with Gasteiger partial charge in [0.2, 0.25) is 0 Å². The predicted octanol–water partition coefficient (Wildman–Crippen LogP) is 2.00. The summed E-state index contributed by atoms with van der Waals surface area (Å²) in [6.07, 6.45) is 5.57. The molecule has 0 fully saturated rings. The fourth-order valence-corrected chi connectivity index (χ4v) is 2.64. The van der Waals surface area contributed by atoms with Crippen LogP contribution in [-0.2, 0) is 13.5 Å². The highest BCUT2D eigenvalue weighted by Gasteiger charge is 2.23. The number of nitrogens with two attached hydrogens (primary N) is 1. The minimum absolute atomic E-state index is 0.147. The summed E-state index contributed by atoms with van der Waals surface area (Å²) in [5.74, 6) is -0.147. The van der Waals surface area contributed by atoms with Gasteiger partial charge in [0.15, 0.2) is 0 Å². The van der Waals surface area contributed by atoms with Crippen molar-refractivity contribution in [2.45, 2.75) is 12.8 Å². The molecule has 4 heteroatoms. The van der Waals surface area contributed by atoms with Crippen LogP contribution in [0.4, 0.5) is 4.39 Å². The van der Waals surface area contributed by atoms with Crippen LogP contribution in [0.25, 0.3) is 16.5 Å². The molecule has 1 aliphatic carbocycles. The standard InChI is InChI=1S/C13H14FN3/c1-17-7-10-12(16-17)6-11(14)9-3-2-8(4-5-15)13(9)10/h4,6-7H,2-3,5,15H2,1H3. The highest BCUT2D eigenvalue weighted by molar-refractivity contribution is 5.95. The summed E-state index contributed by atoms with van der Waals surface area (Å²) in [5.41, 5.74) is 9.25. The van der Waals surface area contributed by atoms with E-state index in [-0.39, 0.29) is 5.82 Å². The van der Waals surface area contributed by atoms with E-state index in [1.807, 2.05) is 19.3 Å². The third-order valence-electron chi connectivity index (χ3n) is 3.31. The Labute approximate surface area is 98.7 Å². The molecule has 3 rings (SSSR count). The van der Waals surface area contributed by atoms with E-state index < -0.39 is 0 Å². The van der Waals surface area contributed by atoms with Gasteiger partial charge < -0.3 is 5.73 Å². The summed E-state index contributed by atoms with van der Waals surface area (Å²) >= 11 is 0. The molecule has 3 nitrogen and oxygen atoms in total. The third kappa shape index (κ3) is 1.48. The van der Waals surface area contributed by atoms with Gasteiger partial charge in [-0.3, -0.25) is 4.68 Å². The first kappa shape index (κ1) is 10.5. The van der Waals surface area contributed by atoms with Gasteiger partial charge in [0.1, 0.15) is 5.82 Å². The quantitative estimate of drug-likeness (QED) is 0.815. The molecule has 0 saturated heterocycles. The number of hydrogen-bond donors (Lipinski definition) is 1. The molecule has 1 aromatic heterocycles. The van der Waals surface area contributed by atoms with Crippen molar-refractivity contribution in [3.63, 3.8) is 0 Å². The Bertz CT molecular complexity index is 625. The number of nitrogens with zero attached hydrogens (tertiary/aromatic N) is 2. The van der Waals surface area contributed by atoms with Gasteiger partial charge in [-0.15, -0.1) is 0 Å². The van der Waals surface area contributed by atoms with E-state index in [2.05, 4.69) is 5.10 Å². The number of benzene rings is 1. The molecule has 2 aromatic rings. The molecule has 2 N–H and O–H groups in total. The Morgan fingerprint density at radius 3 is 3.12 bits per heavy atom. The summed E-state index contributed by atoms with van der Waals surface area (Å²) in [6, 6.07) is 1.53. The average Bonchev–Trinajstić information content (AvgIpc) is 2.82. The van der Waals surface area contributed by atoms with E-state index in [4.69, 9.17) is 5.73 Å². The van der Waals surface area contributed by atoms with Crippen LogP contribution in [0.1, 0.15) is 17.5 Å². The second kappa shape index (κ2) is 3.67. The average molecular weight is 231 g/mol. The second-order valence-electron chi connectivity index (χ2n) is 4.41. The van der Waals surface area contributed by atoms with Crippen LogP contribution < -0.4 is 5.73 Å². The number of aromatic nitrogens is 2. The summed E-state index contributed by atoms with van der Waals surface area (Å²) in [6.45, 7) is 0.493. The first-order chi connectivity index (χ1) is 8.20. The SMILES string of the molecule is Cn1cc2c3c(c(F)cc2n1)CCC3=CCN. The number of halogens is 1. The normalized spacial score (nSPS) is 17.0. The first-order valence-electron chi connectivity index (χ1n) is 5.75. The molecule has 88 valence electrons. The summed E-state index contributed by atoms with van der Waals surface area (Å²) in [5, 5.41) is 5.29. The van der Waals surface area contributed by atoms with Crippen molar-refractivity contribution in [3.05, 3.63) is 35.3 Å². The fraction of sp³-hybridized carbons (Fsp3) is 0.308. The zero-order chi connectivity index (χ0) is 12.0. The summed E-state index contributed by atoms with van der Waals surface area (Å²) < 4.78 is 15.7. The van der Waals surface area contributed by atoms with Crippen LogP contribution in [0.5, 0.6) is 0 Å². The lowest BCUT2D eigenvalue weighted by Gasteiger charge is -2.03. The summed E-state index contributed by atoms with van der Waals surface area (Å²) in [4.78, 5) is 0. The molecule has 0 atom stereocenters. The van der Waals surface area contributed by atoms with Crippen molar-refractivity contribution in [2.24, 2.45) is 12.8 Å². The molecule has 1 heterocycles. The van der Waals surface area contributed by atoms with Crippen LogP contribution in [0.15, 0.2) is 18.3 Å². The molecule has 0 spiro atoms. The second-order valence-corrected chi connectivity index (χ2v) is 4.41. The Morgan fingerprint density at radius 2 is 2.35 bits per heavy atom. The van der Waals surface area contributed by atoms with Crippen molar-refractivity contribution < 1.29 is 4.39 Å². The maximum atomic E-state index is 13.9. The monoisotopic (exact) mass is 231 g/mol. The minimum atomic E-state index is -0.147. The van der Waals surface area contributed by atoms with Crippen LogP contribution in [0.2, 0.25) is 0 Å². The zero-order valence-electron chi connectivity index (χ0n) is 9.70. The van der Waals surface area contributed by atoms with Crippen LogP contribution in [-0.4, -0.2) is 16.3 Å². The smallest absolute Gasteiger partial charge is 0.129 e. The van der Waals surface area contributed by atoms with Crippen molar-refractivity contribution in [1.29, 1.82) is 0 Å². The Balaban J connectivity index is 2.37. The topological polar surface area (TPSA) is 43.8 Å². The van der Waals surface area contributed by atoms with Gasteiger partial charge in [-0.25, -0.2) is 4.39 Å². The Morgan fingerprint density at radius 1 is 1.53 bits per heavy atom. The number of hydrogen-bond acceptors (Lipinski definition) is 2. The van der Waals surface area contributed by atoms with Crippen molar-refractivity contribution in [3.8, 4) is 0 Å². The van der Waals surface area contributed by atoms with E-state index in [1.165, 1.54) is 6.07 Å². The first-order valence-corrected chi connectivity index (χ1v) is 5.75. The maximum absolute atomic E-state index is 13.9.